The van der Waals surface area contributed by atoms with E-state index in [4.69, 9.17) is 4.74 Å². The van der Waals surface area contributed by atoms with Crippen LogP contribution >= 0.6 is 0 Å². The number of para-hydroxylation sites is 1. The molecule has 7 heteroatoms. The molecule has 4 fully saturated rings. The van der Waals surface area contributed by atoms with Crippen molar-refractivity contribution in [3.05, 3.63) is 36.0 Å². The number of fused-ring (bicyclic) bond motifs is 1. The number of amides is 2. The molecule has 1 atom stereocenters. The van der Waals surface area contributed by atoms with Gasteiger partial charge in [0.15, 0.2) is 6.29 Å². The Morgan fingerprint density at radius 3 is 2.52 bits per heavy atom. The van der Waals surface area contributed by atoms with E-state index < -0.39 is 11.6 Å². The number of aromatic nitrogens is 1. The van der Waals surface area contributed by atoms with Crippen LogP contribution in [-0.4, -0.2) is 41.5 Å². The fraction of sp³-hybridized carbons (Fsp3) is 0.577. The molecule has 4 saturated carbocycles. The first-order valence-corrected chi connectivity index (χ1v) is 12.1. The number of carbonyl (C=O) groups excluding carboxylic acids is 3. The molecule has 1 aromatic carbocycles. The van der Waals surface area contributed by atoms with Gasteiger partial charge < -0.3 is 20.4 Å². The van der Waals surface area contributed by atoms with Crippen LogP contribution in [0.2, 0.25) is 0 Å². The molecule has 1 heterocycles. The Balaban J connectivity index is 1.32. The van der Waals surface area contributed by atoms with Crippen LogP contribution in [0.15, 0.2) is 30.5 Å². The van der Waals surface area contributed by atoms with E-state index in [1.54, 1.807) is 13.2 Å². The first kappa shape index (κ1) is 22.0. The fourth-order valence-electron chi connectivity index (χ4n) is 6.71. The highest BCUT2D eigenvalue weighted by atomic mass is 16.6. The van der Waals surface area contributed by atoms with Crippen LogP contribution in [0.4, 0.5) is 4.79 Å². The molecule has 0 spiro atoms. The van der Waals surface area contributed by atoms with Crippen molar-refractivity contribution in [3.8, 4) is 0 Å². The van der Waals surface area contributed by atoms with Gasteiger partial charge in [-0.1, -0.05) is 18.2 Å². The van der Waals surface area contributed by atoms with Crippen molar-refractivity contribution in [3.63, 3.8) is 0 Å². The Bertz CT molecular complexity index is 1020. The first-order chi connectivity index (χ1) is 15.9. The molecule has 1 aromatic heterocycles. The third-order valence-electron chi connectivity index (χ3n) is 7.99. The summed E-state index contributed by atoms with van der Waals surface area (Å²) in [7, 11) is 0. The van der Waals surface area contributed by atoms with Gasteiger partial charge in [-0.25, -0.2) is 4.79 Å². The van der Waals surface area contributed by atoms with Crippen LogP contribution in [0, 0.1) is 23.7 Å². The summed E-state index contributed by atoms with van der Waals surface area (Å²) in [5.74, 6) is 2.14. The number of benzene rings is 1. The predicted octanol–water partition coefficient (Wildman–Crippen LogP) is 3.64. The number of carbonyl (C=O) groups is 2. The fourth-order valence-corrected chi connectivity index (χ4v) is 6.71. The highest BCUT2D eigenvalue weighted by Crippen LogP contribution is 2.54. The van der Waals surface area contributed by atoms with E-state index in [0.717, 1.165) is 54.0 Å². The molecule has 1 radical (unpaired) electrons. The van der Waals surface area contributed by atoms with Crippen molar-refractivity contribution < 1.29 is 19.1 Å². The highest BCUT2D eigenvalue weighted by Gasteiger charge is 2.50. The quantitative estimate of drug-likeness (QED) is 0.535. The lowest BCUT2D eigenvalue weighted by Gasteiger charge is -2.53. The molecule has 2 amide bonds. The Morgan fingerprint density at radius 2 is 1.82 bits per heavy atom. The minimum absolute atomic E-state index is 0.0529. The molecule has 2 aromatic rings. The van der Waals surface area contributed by atoms with Crippen molar-refractivity contribution in [2.24, 2.45) is 23.7 Å². The number of rotatable bonds is 8. The molecule has 0 aliphatic heterocycles. The molecule has 175 valence electrons. The summed E-state index contributed by atoms with van der Waals surface area (Å²) in [6.45, 7) is 1.89. The largest absolute Gasteiger partial charge is 0.446 e. The molecular formula is C26H32N3O4. The van der Waals surface area contributed by atoms with Crippen molar-refractivity contribution >= 4 is 29.2 Å². The summed E-state index contributed by atoms with van der Waals surface area (Å²) in [4.78, 5) is 40.1. The van der Waals surface area contributed by atoms with Crippen molar-refractivity contribution in [1.82, 2.24) is 15.6 Å². The second-order valence-electron chi connectivity index (χ2n) is 10.4. The summed E-state index contributed by atoms with van der Waals surface area (Å²) in [5, 5.41) is 6.67. The number of alkyl carbamates (subject to hydrolysis) is 1. The number of hydrogen-bond acceptors (Lipinski definition) is 4. The lowest BCUT2D eigenvalue weighted by atomic mass is 9.55. The molecule has 0 saturated heterocycles. The smallest absolute Gasteiger partial charge is 0.408 e. The van der Waals surface area contributed by atoms with Crippen molar-refractivity contribution in [2.75, 3.05) is 6.54 Å². The SMILES string of the molecule is C[C@@](Cc1c[nH]c2ccccc12)(NC(=O)OC1C2CC3CC(C2)CC1C3)C(=O)NCC[C]=O. The predicted molar refractivity (Wildman–Crippen MR) is 124 cm³/mol. The number of ether oxygens (including phenoxy) is 1. The van der Waals surface area contributed by atoms with Gasteiger partial charge in [0.1, 0.15) is 11.6 Å². The lowest BCUT2D eigenvalue weighted by molar-refractivity contribution is -0.127. The summed E-state index contributed by atoms with van der Waals surface area (Å²) < 4.78 is 6.01. The van der Waals surface area contributed by atoms with E-state index >= 15 is 0 Å². The average molecular weight is 451 g/mol. The second kappa shape index (κ2) is 8.84. The van der Waals surface area contributed by atoms with Crippen LogP contribution in [0.3, 0.4) is 0 Å². The van der Waals surface area contributed by atoms with Crippen LogP contribution in [0.1, 0.15) is 51.0 Å². The zero-order valence-corrected chi connectivity index (χ0v) is 19.1. The summed E-state index contributed by atoms with van der Waals surface area (Å²) >= 11 is 0. The third kappa shape index (κ3) is 4.37. The standard InChI is InChI=1S/C26H32N3O4/c1-26(24(31)27-7-4-8-30,14-20-15-28-22-6-3-2-5-21(20)22)29-25(32)33-23-18-10-16-9-17(12-18)13-19(23)11-16/h2-3,5-6,15-19,23,28H,4,7,9-14H2,1H3,(H,27,31)(H,29,32)/t16?,17?,18?,19?,23?,26-/m0/s1. The monoisotopic (exact) mass is 450 g/mol. The average Bonchev–Trinajstić information content (AvgIpc) is 3.18. The van der Waals surface area contributed by atoms with Crippen LogP contribution < -0.4 is 10.6 Å². The van der Waals surface area contributed by atoms with Gasteiger partial charge in [0.25, 0.3) is 0 Å². The van der Waals surface area contributed by atoms with Gasteiger partial charge >= 0.3 is 6.09 Å². The van der Waals surface area contributed by atoms with E-state index in [-0.39, 0.29) is 25.0 Å². The molecular weight excluding hydrogens is 418 g/mol. The zero-order valence-electron chi connectivity index (χ0n) is 19.1. The van der Waals surface area contributed by atoms with Crippen LogP contribution in [0.5, 0.6) is 0 Å². The molecule has 3 N–H and O–H groups in total. The lowest BCUT2D eigenvalue weighted by Crippen LogP contribution is -2.59. The Labute approximate surface area is 194 Å². The van der Waals surface area contributed by atoms with Crippen LogP contribution in [-0.2, 0) is 20.7 Å². The van der Waals surface area contributed by atoms with Gasteiger partial charge in [0, 0.05) is 36.5 Å². The van der Waals surface area contributed by atoms with E-state index in [1.807, 2.05) is 30.5 Å². The van der Waals surface area contributed by atoms with E-state index in [1.165, 1.54) is 6.42 Å². The Morgan fingerprint density at radius 1 is 1.12 bits per heavy atom. The maximum atomic E-state index is 13.2. The second-order valence-corrected chi connectivity index (χ2v) is 10.4. The van der Waals surface area contributed by atoms with E-state index in [0.29, 0.717) is 18.3 Å². The van der Waals surface area contributed by atoms with Crippen molar-refractivity contribution in [1.29, 1.82) is 0 Å². The maximum Gasteiger partial charge on any atom is 0.408 e. The Kier molecular flexibility index (Phi) is 5.89. The first-order valence-electron chi connectivity index (χ1n) is 12.1. The molecule has 6 rings (SSSR count). The maximum absolute atomic E-state index is 13.2. The highest BCUT2D eigenvalue weighted by molar-refractivity contribution is 5.91. The molecule has 0 unspecified atom stereocenters. The molecule has 4 aliphatic rings. The minimum Gasteiger partial charge on any atom is -0.446 e. The van der Waals surface area contributed by atoms with Crippen molar-refractivity contribution in [2.45, 2.75) is 63.5 Å². The number of nitrogens with one attached hydrogen (secondary N) is 3. The molecule has 33 heavy (non-hydrogen) atoms. The van der Waals surface area contributed by atoms with Gasteiger partial charge in [-0.3, -0.25) is 9.59 Å². The van der Waals surface area contributed by atoms with E-state index in [2.05, 4.69) is 15.6 Å². The van der Waals surface area contributed by atoms with Gasteiger partial charge in [-0.15, -0.1) is 0 Å². The third-order valence-corrected chi connectivity index (χ3v) is 7.99. The summed E-state index contributed by atoms with van der Waals surface area (Å²) in [6, 6.07) is 7.87. The molecule has 7 nitrogen and oxygen atoms in total. The van der Waals surface area contributed by atoms with Gasteiger partial charge in [0.2, 0.25) is 5.91 Å². The van der Waals surface area contributed by atoms with Gasteiger partial charge in [-0.2, -0.15) is 0 Å². The molecule has 4 aliphatic carbocycles. The molecule has 4 bridgehead atoms. The number of aromatic amines is 1. The minimum atomic E-state index is -1.23. The zero-order chi connectivity index (χ0) is 23.0. The normalized spacial score (nSPS) is 29.4. The summed E-state index contributed by atoms with van der Waals surface area (Å²) in [5.41, 5.74) is 0.679. The Hall–Kier alpha value is -2.83. The van der Waals surface area contributed by atoms with Gasteiger partial charge in [-0.05, 0) is 74.3 Å². The number of H-pyrrole nitrogens is 1. The van der Waals surface area contributed by atoms with Gasteiger partial charge in [0.05, 0.1) is 0 Å². The summed E-state index contributed by atoms with van der Waals surface area (Å²) in [6.07, 6.45) is 9.43. The van der Waals surface area contributed by atoms with Crippen LogP contribution in [0.25, 0.3) is 10.9 Å². The van der Waals surface area contributed by atoms with E-state index in [9.17, 15) is 14.4 Å². The number of hydrogen-bond donors (Lipinski definition) is 3. The topological polar surface area (TPSA) is 100 Å².